The van der Waals surface area contributed by atoms with Crippen LogP contribution in [0.2, 0.25) is 0 Å². The van der Waals surface area contributed by atoms with Crippen molar-refractivity contribution in [2.45, 2.75) is 58.7 Å². The molecular weight excluding hydrogens is 250 g/mol. The van der Waals surface area contributed by atoms with Crippen LogP contribution in [-0.4, -0.2) is 25.9 Å². The Bertz CT molecular complexity index is 429. The summed E-state index contributed by atoms with van der Waals surface area (Å²) in [6, 6.07) is 6.90. The van der Waals surface area contributed by atoms with E-state index in [0.717, 1.165) is 12.2 Å². The van der Waals surface area contributed by atoms with Gasteiger partial charge in [-0.2, -0.15) is 0 Å². The Labute approximate surface area is 123 Å². The summed E-state index contributed by atoms with van der Waals surface area (Å²) in [6.07, 6.45) is 0.960. The Morgan fingerprint density at radius 2 is 1.85 bits per heavy atom. The van der Waals surface area contributed by atoms with Gasteiger partial charge in [0.15, 0.2) is 0 Å². The Balaban J connectivity index is 2.76. The van der Waals surface area contributed by atoms with E-state index in [1.54, 1.807) is 14.2 Å². The Kier molecular flexibility index (Phi) is 6.03. The van der Waals surface area contributed by atoms with Gasteiger partial charge in [-0.05, 0) is 47.1 Å². The van der Waals surface area contributed by atoms with Gasteiger partial charge in [-0.15, -0.1) is 0 Å². The highest BCUT2D eigenvalue weighted by Crippen LogP contribution is 2.27. The van der Waals surface area contributed by atoms with Gasteiger partial charge < -0.3 is 14.8 Å². The van der Waals surface area contributed by atoms with Crippen LogP contribution in [0.4, 0.5) is 0 Å². The fourth-order valence-corrected chi connectivity index (χ4v) is 2.59. The first kappa shape index (κ1) is 17.0. The summed E-state index contributed by atoms with van der Waals surface area (Å²) in [7, 11) is 3.48. The maximum atomic E-state index is 5.49. The van der Waals surface area contributed by atoms with Crippen molar-refractivity contribution in [3.8, 4) is 5.75 Å². The van der Waals surface area contributed by atoms with E-state index >= 15 is 0 Å². The highest BCUT2D eigenvalue weighted by Gasteiger charge is 2.22. The van der Waals surface area contributed by atoms with Gasteiger partial charge in [0.2, 0.25) is 0 Å². The summed E-state index contributed by atoms with van der Waals surface area (Å²) in [6.45, 7) is 10.7. The Morgan fingerprint density at radius 1 is 1.20 bits per heavy atom. The normalized spacial score (nSPS) is 14.9. The highest BCUT2D eigenvalue weighted by atomic mass is 16.5. The lowest BCUT2D eigenvalue weighted by Crippen LogP contribution is -2.37. The minimum atomic E-state index is -0.108. The van der Waals surface area contributed by atoms with E-state index in [2.05, 4.69) is 52.1 Å². The van der Waals surface area contributed by atoms with Gasteiger partial charge in [0.25, 0.3) is 0 Å². The van der Waals surface area contributed by atoms with E-state index in [9.17, 15) is 0 Å². The van der Waals surface area contributed by atoms with Crippen molar-refractivity contribution >= 4 is 0 Å². The smallest absolute Gasteiger partial charge is 0.123 e. The van der Waals surface area contributed by atoms with Crippen molar-refractivity contribution < 1.29 is 9.47 Å². The van der Waals surface area contributed by atoms with Crippen molar-refractivity contribution in [3.63, 3.8) is 0 Å². The first-order chi connectivity index (χ1) is 9.29. The fraction of sp³-hybridized carbons (Fsp3) is 0.647. The van der Waals surface area contributed by atoms with Gasteiger partial charge in [-0.1, -0.05) is 17.7 Å². The first-order valence-electron chi connectivity index (χ1n) is 7.25. The number of hydrogen-bond donors (Lipinski definition) is 1. The summed E-state index contributed by atoms with van der Waals surface area (Å²) in [5.41, 5.74) is 2.34. The maximum absolute atomic E-state index is 5.49. The molecule has 0 aliphatic heterocycles. The van der Waals surface area contributed by atoms with Crippen molar-refractivity contribution in [3.05, 3.63) is 29.3 Å². The van der Waals surface area contributed by atoms with E-state index < -0.39 is 0 Å². The molecule has 0 aliphatic rings. The number of rotatable bonds is 7. The summed E-state index contributed by atoms with van der Waals surface area (Å²) in [5.74, 6) is 0.939. The molecule has 2 atom stereocenters. The number of aryl methyl sites for hydroxylation is 1. The summed E-state index contributed by atoms with van der Waals surface area (Å²) < 4.78 is 11.0. The molecule has 0 heterocycles. The average Bonchev–Trinajstić information content (AvgIpc) is 2.37. The fourth-order valence-electron chi connectivity index (χ4n) is 2.59. The lowest BCUT2D eigenvalue weighted by Gasteiger charge is -2.29. The predicted molar refractivity (Wildman–Crippen MR) is 84.4 cm³/mol. The second-order valence-corrected chi connectivity index (χ2v) is 6.20. The second-order valence-electron chi connectivity index (χ2n) is 6.20. The molecule has 3 heteroatoms. The number of ether oxygens (including phenoxy) is 2. The minimum Gasteiger partial charge on any atom is -0.496 e. The minimum absolute atomic E-state index is 0.108. The lowest BCUT2D eigenvalue weighted by molar-refractivity contribution is 0.00781. The number of nitrogens with one attached hydrogen (secondary N) is 1. The van der Waals surface area contributed by atoms with Crippen molar-refractivity contribution in [1.82, 2.24) is 5.32 Å². The molecule has 0 fully saturated rings. The molecule has 1 aromatic carbocycles. The molecule has 0 spiro atoms. The van der Waals surface area contributed by atoms with Crippen molar-refractivity contribution in [1.29, 1.82) is 0 Å². The van der Waals surface area contributed by atoms with Crippen molar-refractivity contribution in [2.24, 2.45) is 0 Å². The molecular formula is C17H29NO2. The molecule has 0 radical (unpaired) electrons. The van der Waals surface area contributed by atoms with Gasteiger partial charge in [0, 0.05) is 24.8 Å². The van der Waals surface area contributed by atoms with Crippen LogP contribution in [0.25, 0.3) is 0 Å². The topological polar surface area (TPSA) is 30.5 Å². The molecule has 1 aromatic rings. The zero-order valence-electron chi connectivity index (χ0n) is 13.9. The van der Waals surface area contributed by atoms with E-state index in [0.29, 0.717) is 6.04 Å². The number of hydrogen-bond acceptors (Lipinski definition) is 3. The van der Waals surface area contributed by atoms with Crippen LogP contribution in [-0.2, 0) is 4.74 Å². The largest absolute Gasteiger partial charge is 0.496 e. The monoisotopic (exact) mass is 279 g/mol. The molecule has 1 rings (SSSR count). The van der Waals surface area contributed by atoms with E-state index in [1.807, 2.05) is 6.07 Å². The quantitative estimate of drug-likeness (QED) is 0.822. The molecule has 0 bridgehead atoms. The molecule has 3 nitrogen and oxygen atoms in total. The van der Waals surface area contributed by atoms with Gasteiger partial charge in [-0.25, -0.2) is 0 Å². The lowest BCUT2D eigenvalue weighted by atomic mass is 9.98. The van der Waals surface area contributed by atoms with E-state index in [4.69, 9.17) is 9.47 Å². The third-order valence-electron chi connectivity index (χ3n) is 3.74. The van der Waals surface area contributed by atoms with Crippen molar-refractivity contribution in [2.75, 3.05) is 14.2 Å². The molecule has 0 aliphatic carbocycles. The van der Waals surface area contributed by atoms with E-state index in [1.165, 1.54) is 11.1 Å². The standard InChI is InChI=1S/C17H29NO2/c1-12-8-9-16(19-6)15(10-12)14(3)18-13(2)11-17(4,5)20-7/h8-10,13-14,18H,11H2,1-7H3. The van der Waals surface area contributed by atoms with Crippen LogP contribution in [0.5, 0.6) is 5.75 Å². The second kappa shape index (κ2) is 7.09. The van der Waals surface area contributed by atoms with Crippen LogP contribution < -0.4 is 10.1 Å². The van der Waals surface area contributed by atoms with Gasteiger partial charge >= 0.3 is 0 Å². The molecule has 20 heavy (non-hydrogen) atoms. The Morgan fingerprint density at radius 3 is 2.40 bits per heavy atom. The molecule has 114 valence electrons. The first-order valence-corrected chi connectivity index (χ1v) is 7.25. The zero-order valence-corrected chi connectivity index (χ0v) is 13.9. The third-order valence-corrected chi connectivity index (χ3v) is 3.74. The van der Waals surface area contributed by atoms with Crippen LogP contribution in [0.3, 0.4) is 0 Å². The van der Waals surface area contributed by atoms with Gasteiger partial charge in [-0.3, -0.25) is 0 Å². The summed E-state index contributed by atoms with van der Waals surface area (Å²) in [5, 5.41) is 3.63. The van der Waals surface area contributed by atoms with E-state index in [-0.39, 0.29) is 11.6 Å². The summed E-state index contributed by atoms with van der Waals surface area (Å²) in [4.78, 5) is 0. The number of methoxy groups -OCH3 is 2. The van der Waals surface area contributed by atoms with Gasteiger partial charge in [0.05, 0.1) is 12.7 Å². The third kappa shape index (κ3) is 4.80. The molecule has 1 N–H and O–H groups in total. The van der Waals surface area contributed by atoms with Gasteiger partial charge in [0.1, 0.15) is 5.75 Å². The number of benzene rings is 1. The molecule has 2 unspecified atom stereocenters. The molecule has 0 saturated heterocycles. The SMILES string of the molecule is COc1ccc(C)cc1C(C)NC(C)CC(C)(C)OC. The molecule has 0 saturated carbocycles. The Hall–Kier alpha value is -1.06. The highest BCUT2D eigenvalue weighted by molar-refractivity contribution is 5.38. The summed E-state index contributed by atoms with van der Waals surface area (Å²) >= 11 is 0. The van der Waals surface area contributed by atoms with Crippen LogP contribution in [0, 0.1) is 6.92 Å². The van der Waals surface area contributed by atoms with Crippen LogP contribution in [0.1, 0.15) is 51.3 Å². The van der Waals surface area contributed by atoms with Crippen LogP contribution in [0.15, 0.2) is 18.2 Å². The molecule has 0 aromatic heterocycles. The maximum Gasteiger partial charge on any atom is 0.123 e. The predicted octanol–water partition coefficient (Wildman–Crippen LogP) is 3.86. The average molecular weight is 279 g/mol. The molecule has 0 amide bonds. The van der Waals surface area contributed by atoms with Crippen LogP contribution >= 0.6 is 0 Å². The zero-order chi connectivity index (χ0) is 15.3.